The number of nitrogens with zero attached hydrogens (tertiary/aromatic N) is 1. The number of hydrogen-bond donors (Lipinski definition) is 1. The number of amides is 1. The minimum atomic E-state index is -0.178. The first-order valence-electron chi connectivity index (χ1n) is 6.29. The fourth-order valence-corrected chi connectivity index (χ4v) is 1.70. The van der Waals surface area contributed by atoms with E-state index in [-0.39, 0.29) is 11.7 Å². The lowest BCUT2D eigenvalue weighted by atomic mass is 10.2. The molecule has 1 aromatic carbocycles. The number of hydrogen-bond acceptors (Lipinski definition) is 3. The summed E-state index contributed by atoms with van der Waals surface area (Å²) in [5.74, 6) is 0.584. The van der Waals surface area contributed by atoms with Gasteiger partial charge in [0, 0.05) is 20.2 Å². The van der Waals surface area contributed by atoms with Crippen LogP contribution in [0.4, 0.5) is 0 Å². The van der Waals surface area contributed by atoms with Gasteiger partial charge in [0.1, 0.15) is 5.75 Å². The first-order chi connectivity index (χ1) is 8.68. The SMILES string of the molecule is CN(CCOCC1CC1)C(=O)c1ccccc1O. The van der Waals surface area contributed by atoms with Crippen molar-refractivity contribution in [2.75, 3.05) is 26.8 Å². The average molecular weight is 249 g/mol. The number of carbonyl (C=O) groups is 1. The van der Waals surface area contributed by atoms with Gasteiger partial charge in [0.05, 0.1) is 12.2 Å². The van der Waals surface area contributed by atoms with Crippen LogP contribution in [0.5, 0.6) is 5.75 Å². The molecule has 1 aromatic rings. The molecular weight excluding hydrogens is 230 g/mol. The monoisotopic (exact) mass is 249 g/mol. The number of ether oxygens (including phenoxy) is 1. The van der Waals surface area contributed by atoms with Crippen molar-refractivity contribution in [2.45, 2.75) is 12.8 Å². The first kappa shape index (κ1) is 12.9. The maximum Gasteiger partial charge on any atom is 0.257 e. The van der Waals surface area contributed by atoms with Crippen molar-refractivity contribution >= 4 is 5.91 Å². The molecule has 0 heterocycles. The van der Waals surface area contributed by atoms with Crippen LogP contribution in [0.15, 0.2) is 24.3 Å². The van der Waals surface area contributed by atoms with Crippen LogP contribution in [-0.4, -0.2) is 42.7 Å². The van der Waals surface area contributed by atoms with E-state index in [1.54, 1.807) is 30.1 Å². The molecule has 1 amide bonds. The third-order valence-corrected chi connectivity index (χ3v) is 3.10. The Morgan fingerprint density at radius 2 is 2.17 bits per heavy atom. The van der Waals surface area contributed by atoms with Crippen molar-refractivity contribution in [3.05, 3.63) is 29.8 Å². The Morgan fingerprint density at radius 3 is 2.83 bits per heavy atom. The average Bonchev–Trinajstić information content (AvgIpc) is 3.18. The molecule has 0 atom stereocenters. The molecule has 98 valence electrons. The summed E-state index contributed by atoms with van der Waals surface area (Å²) in [5.41, 5.74) is 0.335. The molecule has 18 heavy (non-hydrogen) atoms. The van der Waals surface area contributed by atoms with Crippen LogP contribution in [0, 0.1) is 5.92 Å². The summed E-state index contributed by atoms with van der Waals surface area (Å²) in [6.45, 7) is 1.89. The molecule has 0 aromatic heterocycles. The summed E-state index contributed by atoms with van der Waals surface area (Å²) < 4.78 is 5.49. The van der Waals surface area contributed by atoms with Crippen molar-refractivity contribution in [1.29, 1.82) is 0 Å². The predicted molar refractivity (Wildman–Crippen MR) is 68.6 cm³/mol. The number of phenolic OH excluding ortho intramolecular Hbond substituents is 1. The van der Waals surface area contributed by atoms with Crippen LogP contribution in [0.2, 0.25) is 0 Å². The molecule has 4 heteroatoms. The molecule has 4 nitrogen and oxygen atoms in total. The predicted octanol–water partition coefficient (Wildman–Crippen LogP) is 1.89. The molecule has 0 spiro atoms. The Bertz CT molecular complexity index is 415. The minimum absolute atomic E-state index is 0.0215. The lowest BCUT2D eigenvalue weighted by Crippen LogP contribution is -2.30. The normalized spacial score (nSPS) is 14.5. The van der Waals surface area contributed by atoms with E-state index in [4.69, 9.17) is 4.74 Å². The lowest BCUT2D eigenvalue weighted by Gasteiger charge is -2.17. The second-order valence-corrected chi connectivity index (χ2v) is 4.76. The maximum atomic E-state index is 12.0. The van der Waals surface area contributed by atoms with Crippen LogP contribution in [-0.2, 0) is 4.74 Å². The molecule has 1 N–H and O–H groups in total. The van der Waals surface area contributed by atoms with Gasteiger partial charge in [0.25, 0.3) is 5.91 Å². The smallest absolute Gasteiger partial charge is 0.257 e. The zero-order valence-electron chi connectivity index (χ0n) is 10.6. The van der Waals surface area contributed by atoms with Crippen molar-refractivity contribution < 1.29 is 14.6 Å². The summed E-state index contributed by atoms with van der Waals surface area (Å²) in [5, 5.41) is 9.60. The van der Waals surface area contributed by atoms with E-state index in [0.29, 0.717) is 18.7 Å². The van der Waals surface area contributed by atoms with Gasteiger partial charge < -0.3 is 14.7 Å². The Morgan fingerprint density at radius 1 is 1.44 bits per heavy atom. The fourth-order valence-electron chi connectivity index (χ4n) is 1.70. The highest BCUT2D eigenvalue weighted by Crippen LogP contribution is 2.28. The van der Waals surface area contributed by atoms with E-state index in [2.05, 4.69) is 0 Å². The van der Waals surface area contributed by atoms with E-state index in [1.807, 2.05) is 0 Å². The van der Waals surface area contributed by atoms with E-state index in [1.165, 1.54) is 18.9 Å². The minimum Gasteiger partial charge on any atom is -0.507 e. The van der Waals surface area contributed by atoms with Gasteiger partial charge in [-0.1, -0.05) is 12.1 Å². The number of carbonyl (C=O) groups excluding carboxylic acids is 1. The summed E-state index contributed by atoms with van der Waals surface area (Å²) in [6.07, 6.45) is 2.54. The lowest BCUT2D eigenvalue weighted by molar-refractivity contribution is 0.0678. The summed E-state index contributed by atoms with van der Waals surface area (Å²) in [6, 6.07) is 6.58. The van der Waals surface area contributed by atoms with Crippen molar-refractivity contribution in [2.24, 2.45) is 5.92 Å². The van der Waals surface area contributed by atoms with E-state index < -0.39 is 0 Å². The van der Waals surface area contributed by atoms with E-state index in [0.717, 1.165) is 12.5 Å². The fraction of sp³-hybridized carbons (Fsp3) is 0.500. The zero-order chi connectivity index (χ0) is 13.0. The molecule has 1 aliphatic rings. The molecular formula is C14H19NO3. The standard InChI is InChI=1S/C14H19NO3/c1-15(8-9-18-10-11-6-7-11)14(17)12-4-2-3-5-13(12)16/h2-5,11,16H,6-10H2,1H3. The van der Waals surface area contributed by atoms with Crippen LogP contribution in [0.1, 0.15) is 23.2 Å². The Hall–Kier alpha value is -1.55. The van der Waals surface area contributed by atoms with Gasteiger partial charge in [-0.05, 0) is 30.9 Å². The van der Waals surface area contributed by atoms with E-state index in [9.17, 15) is 9.90 Å². The zero-order valence-corrected chi connectivity index (χ0v) is 10.6. The van der Waals surface area contributed by atoms with Crippen LogP contribution in [0.3, 0.4) is 0 Å². The molecule has 1 aliphatic carbocycles. The Labute approximate surface area is 107 Å². The molecule has 0 aliphatic heterocycles. The molecule has 0 unspecified atom stereocenters. The second kappa shape index (κ2) is 5.87. The van der Waals surface area contributed by atoms with Crippen LogP contribution >= 0.6 is 0 Å². The summed E-state index contributed by atoms with van der Waals surface area (Å²) >= 11 is 0. The largest absolute Gasteiger partial charge is 0.507 e. The van der Waals surface area contributed by atoms with Crippen molar-refractivity contribution in [3.63, 3.8) is 0 Å². The maximum absolute atomic E-state index is 12.0. The highest BCUT2D eigenvalue weighted by Gasteiger charge is 2.21. The third kappa shape index (κ3) is 3.47. The van der Waals surface area contributed by atoms with Gasteiger partial charge in [0.2, 0.25) is 0 Å². The third-order valence-electron chi connectivity index (χ3n) is 3.10. The number of benzene rings is 1. The van der Waals surface area contributed by atoms with Gasteiger partial charge in [-0.3, -0.25) is 4.79 Å². The number of likely N-dealkylation sites (N-methyl/N-ethyl adjacent to an activating group) is 1. The van der Waals surface area contributed by atoms with Gasteiger partial charge in [-0.25, -0.2) is 0 Å². The number of rotatable bonds is 6. The van der Waals surface area contributed by atoms with Gasteiger partial charge in [0.15, 0.2) is 0 Å². The Balaban J connectivity index is 1.78. The molecule has 0 radical (unpaired) electrons. The summed E-state index contributed by atoms with van der Waals surface area (Å²) in [7, 11) is 1.72. The first-order valence-corrected chi connectivity index (χ1v) is 6.29. The molecule has 0 bridgehead atoms. The van der Waals surface area contributed by atoms with Crippen molar-refractivity contribution in [3.8, 4) is 5.75 Å². The Kier molecular flexibility index (Phi) is 4.20. The van der Waals surface area contributed by atoms with Crippen LogP contribution in [0.25, 0.3) is 0 Å². The van der Waals surface area contributed by atoms with Gasteiger partial charge >= 0.3 is 0 Å². The van der Waals surface area contributed by atoms with Crippen LogP contribution < -0.4 is 0 Å². The molecule has 2 rings (SSSR count). The molecule has 1 fully saturated rings. The number of para-hydroxylation sites is 1. The highest BCUT2D eigenvalue weighted by atomic mass is 16.5. The second-order valence-electron chi connectivity index (χ2n) is 4.76. The van der Waals surface area contributed by atoms with Gasteiger partial charge in [-0.2, -0.15) is 0 Å². The molecule has 1 saturated carbocycles. The molecule has 0 saturated heterocycles. The summed E-state index contributed by atoms with van der Waals surface area (Å²) in [4.78, 5) is 13.6. The number of phenols is 1. The highest BCUT2D eigenvalue weighted by molar-refractivity contribution is 5.96. The topological polar surface area (TPSA) is 49.8 Å². The van der Waals surface area contributed by atoms with Gasteiger partial charge in [-0.15, -0.1) is 0 Å². The van der Waals surface area contributed by atoms with Crippen molar-refractivity contribution in [1.82, 2.24) is 4.90 Å². The van der Waals surface area contributed by atoms with E-state index >= 15 is 0 Å². The number of aromatic hydroxyl groups is 1. The quantitative estimate of drug-likeness (QED) is 0.783.